The Labute approximate surface area is 171 Å². The maximum Gasteiger partial charge on any atom is 0.491 e. The van der Waals surface area contributed by atoms with Crippen LogP contribution in [-0.4, -0.2) is 40.3 Å². The number of carboxylic acid groups (broad SMARTS) is 1. The highest BCUT2D eigenvalue weighted by atomic mass is 32.2. The molecule has 0 atom stereocenters. The average molecular weight is 430 g/mol. The van der Waals surface area contributed by atoms with Crippen LogP contribution < -0.4 is 0 Å². The number of rotatable bonds is 5. The lowest BCUT2D eigenvalue weighted by molar-refractivity contribution is -0.137. The zero-order valence-corrected chi connectivity index (χ0v) is 17.5. The van der Waals surface area contributed by atoms with Crippen LogP contribution in [-0.2, 0) is 20.3 Å². The lowest BCUT2D eigenvalue weighted by Gasteiger charge is -2.32. The molecule has 1 N–H and O–H groups in total. The van der Waals surface area contributed by atoms with E-state index in [4.69, 9.17) is 14.4 Å². The highest BCUT2D eigenvalue weighted by Gasteiger charge is 2.52. The lowest BCUT2D eigenvalue weighted by atomic mass is 9.78. The average Bonchev–Trinajstić information content (AvgIpc) is 2.78. The molecule has 29 heavy (non-hydrogen) atoms. The molecule has 1 fully saturated rings. The molecule has 0 saturated carbocycles. The number of thioether (sulfide) groups is 1. The third kappa shape index (κ3) is 5.43. The molecule has 0 radical (unpaired) electrons. The predicted octanol–water partition coefficient (Wildman–Crippen LogP) is 4.70. The van der Waals surface area contributed by atoms with Crippen LogP contribution >= 0.6 is 11.8 Å². The molecule has 10 heteroatoms. The van der Waals surface area contributed by atoms with E-state index in [1.165, 1.54) is 13.0 Å². The Morgan fingerprint density at radius 1 is 1.17 bits per heavy atom. The Hall–Kier alpha value is -1.78. The number of carbonyl (C=O) groups excluding carboxylic acids is 1. The third-order valence-corrected chi connectivity index (χ3v) is 5.83. The van der Waals surface area contributed by atoms with Crippen LogP contribution in [0.1, 0.15) is 56.1 Å². The maximum absolute atomic E-state index is 13.5. The van der Waals surface area contributed by atoms with E-state index >= 15 is 0 Å². The Kier molecular flexibility index (Phi) is 6.61. The van der Waals surface area contributed by atoms with Crippen molar-refractivity contribution in [1.29, 1.82) is 0 Å². The summed E-state index contributed by atoms with van der Waals surface area (Å²) in [6, 6.07) is 2.79. The minimum absolute atomic E-state index is 0.0736. The molecule has 0 amide bonds. The molecule has 1 heterocycles. The summed E-state index contributed by atoms with van der Waals surface area (Å²) in [6.45, 7) is 8.60. The quantitative estimate of drug-likeness (QED) is 0.683. The van der Waals surface area contributed by atoms with Gasteiger partial charge in [-0.2, -0.15) is 13.2 Å². The van der Waals surface area contributed by atoms with Gasteiger partial charge in [0.05, 0.1) is 22.3 Å². The van der Waals surface area contributed by atoms with Crippen molar-refractivity contribution < 1.29 is 37.2 Å². The van der Waals surface area contributed by atoms with Crippen molar-refractivity contribution in [2.45, 2.75) is 52.0 Å². The van der Waals surface area contributed by atoms with Gasteiger partial charge in [-0.15, -0.1) is 0 Å². The van der Waals surface area contributed by atoms with Crippen molar-refractivity contribution in [3.63, 3.8) is 0 Å². The van der Waals surface area contributed by atoms with Gasteiger partial charge >= 0.3 is 19.3 Å². The van der Waals surface area contributed by atoms with Crippen molar-refractivity contribution >= 4 is 36.0 Å². The highest BCUT2D eigenvalue weighted by molar-refractivity contribution is 8.13. The molecular weight excluding hydrogens is 408 g/mol. The van der Waals surface area contributed by atoms with Crippen molar-refractivity contribution in [3.8, 4) is 0 Å². The molecule has 0 aromatic heterocycles. The summed E-state index contributed by atoms with van der Waals surface area (Å²) in [5.74, 6) is -1.38. The van der Waals surface area contributed by atoms with E-state index in [1.807, 2.05) is 27.7 Å². The first kappa shape index (κ1) is 23.5. The number of alkyl halides is 3. The molecule has 0 unspecified atom stereocenters. The maximum atomic E-state index is 13.5. The molecule has 1 aromatic carbocycles. The monoisotopic (exact) mass is 430 g/mol. The third-order valence-electron chi connectivity index (χ3n) is 4.94. The van der Waals surface area contributed by atoms with Gasteiger partial charge in [-0.05, 0) is 50.9 Å². The van der Waals surface area contributed by atoms with Crippen LogP contribution in [0.15, 0.2) is 23.7 Å². The van der Waals surface area contributed by atoms with Crippen LogP contribution in [0.2, 0.25) is 0 Å². The number of carbonyl (C=O) groups is 2. The van der Waals surface area contributed by atoms with Crippen LogP contribution in [0.5, 0.6) is 0 Å². The Morgan fingerprint density at radius 3 is 2.17 bits per heavy atom. The van der Waals surface area contributed by atoms with E-state index < -0.39 is 41.6 Å². The van der Waals surface area contributed by atoms with E-state index in [9.17, 15) is 22.8 Å². The van der Waals surface area contributed by atoms with E-state index in [0.29, 0.717) is 11.5 Å². The molecule has 0 aliphatic carbocycles. The van der Waals surface area contributed by atoms with Gasteiger partial charge in [-0.3, -0.25) is 4.79 Å². The fourth-order valence-corrected chi connectivity index (χ4v) is 3.21. The first-order valence-electron chi connectivity index (χ1n) is 8.78. The Balaban J connectivity index is 2.54. The Bertz CT molecular complexity index is 833. The standard InChI is InChI=1S/C19H22BF3O5S/c1-11(24)29-10-14(20-27-17(2,3)18(4,5)28-20)8-12-6-7-13(16(25)26)9-15(12)19(21,22)23/h6-9H,10H2,1-5H3,(H,25,26). The highest BCUT2D eigenvalue weighted by Crippen LogP contribution is 2.40. The normalized spacial score (nSPS) is 18.8. The van der Waals surface area contributed by atoms with Gasteiger partial charge < -0.3 is 14.4 Å². The number of hydrogen-bond acceptors (Lipinski definition) is 5. The topological polar surface area (TPSA) is 72.8 Å². The van der Waals surface area contributed by atoms with Gasteiger partial charge in [0.1, 0.15) is 0 Å². The fraction of sp³-hybridized carbons (Fsp3) is 0.474. The second-order valence-corrected chi connectivity index (χ2v) is 8.84. The van der Waals surface area contributed by atoms with Gasteiger partial charge in [0, 0.05) is 12.7 Å². The first-order valence-corrected chi connectivity index (χ1v) is 9.76. The summed E-state index contributed by atoms with van der Waals surface area (Å²) in [4.78, 5) is 22.5. The SMILES string of the molecule is CC(=O)SCC(=Cc1ccc(C(=O)O)cc1C(F)(F)F)B1OC(C)(C)C(C)(C)O1. The smallest absolute Gasteiger partial charge is 0.478 e. The molecule has 0 bridgehead atoms. The number of halogens is 3. The molecule has 1 aliphatic rings. The molecule has 158 valence electrons. The van der Waals surface area contributed by atoms with E-state index in [2.05, 4.69) is 0 Å². The van der Waals surface area contributed by atoms with Crippen LogP contribution in [0.25, 0.3) is 6.08 Å². The largest absolute Gasteiger partial charge is 0.491 e. The summed E-state index contributed by atoms with van der Waals surface area (Å²) >= 11 is 0.925. The molecule has 1 saturated heterocycles. The van der Waals surface area contributed by atoms with Gasteiger partial charge in [0.15, 0.2) is 5.12 Å². The summed E-state index contributed by atoms with van der Waals surface area (Å²) in [5, 5.41) is 8.81. The first-order chi connectivity index (χ1) is 13.1. The Morgan fingerprint density at radius 2 is 1.72 bits per heavy atom. The van der Waals surface area contributed by atoms with Gasteiger partial charge in [0.25, 0.3) is 0 Å². The lowest BCUT2D eigenvalue weighted by Crippen LogP contribution is -2.41. The van der Waals surface area contributed by atoms with Crippen molar-refractivity contribution in [2.24, 2.45) is 0 Å². The van der Waals surface area contributed by atoms with Crippen LogP contribution in [0.4, 0.5) is 13.2 Å². The van der Waals surface area contributed by atoms with Crippen LogP contribution in [0.3, 0.4) is 0 Å². The second kappa shape index (κ2) is 8.16. The van der Waals surface area contributed by atoms with Gasteiger partial charge in [-0.25, -0.2) is 4.79 Å². The number of hydrogen-bond donors (Lipinski definition) is 1. The zero-order valence-electron chi connectivity index (χ0n) is 16.7. The van der Waals surface area contributed by atoms with Crippen molar-refractivity contribution in [1.82, 2.24) is 0 Å². The van der Waals surface area contributed by atoms with Crippen molar-refractivity contribution in [2.75, 3.05) is 5.75 Å². The van der Waals surface area contributed by atoms with E-state index in [0.717, 1.165) is 23.9 Å². The summed E-state index contributed by atoms with van der Waals surface area (Å²) in [5.41, 5.74) is -2.85. The van der Waals surface area contributed by atoms with Crippen molar-refractivity contribution in [3.05, 3.63) is 40.4 Å². The predicted molar refractivity (Wildman–Crippen MR) is 106 cm³/mol. The second-order valence-electron chi connectivity index (χ2n) is 7.69. The van der Waals surface area contributed by atoms with E-state index in [1.54, 1.807) is 0 Å². The summed E-state index contributed by atoms with van der Waals surface area (Å²) < 4.78 is 52.5. The van der Waals surface area contributed by atoms with Gasteiger partial charge in [0.2, 0.25) is 0 Å². The number of benzene rings is 1. The fourth-order valence-electron chi connectivity index (χ4n) is 2.62. The van der Waals surface area contributed by atoms with E-state index in [-0.39, 0.29) is 16.4 Å². The van der Waals surface area contributed by atoms with Crippen LogP contribution in [0, 0.1) is 0 Å². The summed E-state index contributed by atoms with van der Waals surface area (Å²) in [6.07, 6.45) is -3.50. The van der Waals surface area contributed by atoms with Gasteiger partial charge in [-0.1, -0.05) is 23.9 Å². The molecule has 1 aromatic rings. The number of aromatic carboxylic acids is 1. The number of carboxylic acids is 1. The molecule has 0 spiro atoms. The zero-order chi connectivity index (χ0) is 22.2. The molecule has 1 aliphatic heterocycles. The molecule has 5 nitrogen and oxygen atoms in total. The minimum atomic E-state index is -4.76. The molecular formula is C19H22BF3O5S. The summed E-state index contributed by atoms with van der Waals surface area (Å²) in [7, 11) is -0.938. The minimum Gasteiger partial charge on any atom is -0.478 e. The molecule has 2 rings (SSSR count).